The number of anilines is 2. The minimum absolute atomic E-state index is 0.270. The molecule has 0 fully saturated rings. The molecule has 0 saturated carbocycles. The molecular weight excluding hydrogens is 553 g/mol. The Morgan fingerprint density at radius 1 is 1.10 bits per heavy atom. The predicted octanol–water partition coefficient (Wildman–Crippen LogP) is 7.07. The number of ether oxygens (including phenoxy) is 2. The van der Waals surface area contributed by atoms with Gasteiger partial charge in [0.25, 0.3) is 5.91 Å². The number of para-hydroxylation sites is 2. The van der Waals surface area contributed by atoms with E-state index in [-0.39, 0.29) is 11.7 Å². The lowest BCUT2D eigenvalue weighted by Gasteiger charge is -2.29. The average molecular weight is 588 g/mol. The van der Waals surface area contributed by atoms with Gasteiger partial charge in [0.15, 0.2) is 0 Å². The maximum atomic E-state index is 14.2. The number of rotatable bonds is 11. The fourth-order valence-corrected chi connectivity index (χ4v) is 5.46. The van der Waals surface area contributed by atoms with E-state index >= 15 is 0 Å². The molecule has 1 unspecified atom stereocenters. The van der Waals surface area contributed by atoms with Crippen LogP contribution in [0.4, 0.5) is 16.0 Å². The summed E-state index contributed by atoms with van der Waals surface area (Å²) in [6, 6.07) is 21.1. The molecule has 4 aromatic rings. The fourth-order valence-electron chi connectivity index (χ4n) is 4.65. The van der Waals surface area contributed by atoms with Crippen LogP contribution < -0.4 is 20.1 Å². The molecule has 0 saturated heterocycles. The number of carbonyl (C=O) groups is 1. The van der Waals surface area contributed by atoms with Crippen molar-refractivity contribution in [2.24, 2.45) is 5.92 Å². The molecule has 1 aliphatic rings. The van der Waals surface area contributed by atoms with Crippen LogP contribution in [-0.4, -0.2) is 34.4 Å². The van der Waals surface area contributed by atoms with Gasteiger partial charge in [0, 0.05) is 11.4 Å². The van der Waals surface area contributed by atoms with E-state index in [1.165, 1.54) is 17.8 Å². The van der Waals surface area contributed by atoms with Crippen molar-refractivity contribution in [1.29, 1.82) is 0 Å². The van der Waals surface area contributed by atoms with Crippen molar-refractivity contribution in [3.63, 3.8) is 0 Å². The number of amides is 1. The zero-order chi connectivity index (χ0) is 29.6. The number of nitrogens with zero attached hydrogens (tertiary/aromatic N) is 3. The van der Waals surface area contributed by atoms with Crippen molar-refractivity contribution in [2.75, 3.05) is 24.4 Å². The van der Waals surface area contributed by atoms with Gasteiger partial charge in [0.2, 0.25) is 11.1 Å². The summed E-state index contributed by atoms with van der Waals surface area (Å²) >= 11 is 1.33. The normalized spacial score (nSPS) is 14.4. The van der Waals surface area contributed by atoms with Gasteiger partial charge in [-0.3, -0.25) is 4.79 Å². The van der Waals surface area contributed by atoms with E-state index in [0.717, 1.165) is 17.7 Å². The van der Waals surface area contributed by atoms with Gasteiger partial charge in [-0.05, 0) is 60.7 Å². The Morgan fingerprint density at radius 3 is 2.57 bits per heavy atom. The summed E-state index contributed by atoms with van der Waals surface area (Å²) in [5.41, 5.74) is 3.10. The number of methoxy groups -OCH3 is 1. The molecule has 3 aromatic carbocycles. The van der Waals surface area contributed by atoms with Gasteiger partial charge >= 0.3 is 0 Å². The van der Waals surface area contributed by atoms with Gasteiger partial charge in [-0.2, -0.15) is 4.98 Å². The standard InChI is InChI=1S/C32H34FN5O3S/c1-20(2)17-18-41-24-15-13-22(14-16-24)29-28(30(39)35-26-11-7-8-12-27(26)40-4)21(3)34-31-36-32(37-38(29)31)42-19-23-9-5-6-10-25(23)33/h5-16,20,29H,17-19H2,1-4H3,(H,35,39)(H,34,36,37). The molecule has 42 heavy (non-hydrogen) atoms. The first-order valence-electron chi connectivity index (χ1n) is 13.8. The Kier molecular flexibility index (Phi) is 9.12. The number of nitrogens with one attached hydrogen (secondary N) is 2. The first kappa shape index (κ1) is 29.2. The van der Waals surface area contributed by atoms with Gasteiger partial charge in [0.1, 0.15) is 23.4 Å². The van der Waals surface area contributed by atoms with E-state index in [0.29, 0.717) is 57.7 Å². The Balaban J connectivity index is 1.47. The molecular formula is C32H34FN5O3S. The second-order valence-electron chi connectivity index (χ2n) is 10.4. The summed E-state index contributed by atoms with van der Waals surface area (Å²) in [5, 5.41) is 11.5. The number of allylic oxidation sites excluding steroid dienone is 1. The average Bonchev–Trinajstić information content (AvgIpc) is 3.39. The summed E-state index contributed by atoms with van der Waals surface area (Å²) in [6.45, 7) is 6.80. The van der Waals surface area contributed by atoms with Gasteiger partial charge in [0.05, 0.1) is 25.0 Å². The maximum Gasteiger partial charge on any atom is 0.255 e. The van der Waals surface area contributed by atoms with Crippen LogP contribution in [0.2, 0.25) is 0 Å². The van der Waals surface area contributed by atoms with Crippen LogP contribution in [0, 0.1) is 11.7 Å². The Hall–Kier alpha value is -4.31. The smallest absolute Gasteiger partial charge is 0.255 e. The number of fused-ring (bicyclic) bond motifs is 1. The number of halogens is 1. The topological polar surface area (TPSA) is 90.3 Å². The van der Waals surface area contributed by atoms with E-state index in [9.17, 15) is 9.18 Å². The molecule has 218 valence electrons. The molecule has 1 aromatic heterocycles. The van der Waals surface area contributed by atoms with Crippen molar-refractivity contribution in [3.05, 3.63) is 101 Å². The van der Waals surface area contributed by atoms with Gasteiger partial charge in [-0.25, -0.2) is 9.07 Å². The maximum absolute atomic E-state index is 14.2. The van der Waals surface area contributed by atoms with E-state index < -0.39 is 6.04 Å². The number of carbonyl (C=O) groups excluding carboxylic acids is 1. The molecule has 1 atom stereocenters. The summed E-state index contributed by atoms with van der Waals surface area (Å²) in [4.78, 5) is 18.5. The minimum Gasteiger partial charge on any atom is -0.495 e. The quantitative estimate of drug-likeness (QED) is 0.181. The van der Waals surface area contributed by atoms with E-state index in [1.807, 2.05) is 43.3 Å². The Morgan fingerprint density at radius 2 is 1.83 bits per heavy atom. The van der Waals surface area contributed by atoms with E-state index in [4.69, 9.17) is 14.6 Å². The summed E-state index contributed by atoms with van der Waals surface area (Å²) in [6.07, 6.45) is 0.959. The summed E-state index contributed by atoms with van der Waals surface area (Å²) in [5.74, 6) is 2.17. The molecule has 0 radical (unpaired) electrons. The lowest BCUT2D eigenvalue weighted by Crippen LogP contribution is -2.31. The third kappa shape index (κ3) is 6.60. The first-order chi connectivity index (χ1) is 20.3. The first-order valence-corrected chi connectivity index (χ1v) is 14.8. The van der Waals surface area contributed by atoms with Crippen molar-refractivity contribution < 1.29 is 18.7 Å². The number of hydrogen-bond acceptors (Lipinski definition) is 7. The highest BCUT2D eigenvalue weighted by atomic mass is 32.2. The summed E-state index contributed by atoms with van der Waals surface area (Å²) < 4.78 is 27.3. The molecule has 2 N–H and O–H groups in total. The molecule has 5 rings (SSSR count). The van der Waals surface area contributed by atoms with Crippen LogP contribution in [-0.2, 0) is 10.5 Å². The summed E-state index contributed by atoms with van der Waals surface area (Å²) in [7, 11) is 1.56. The highest BCUT2D eigenvalue weighted by Crippen LogP contribution is 2.38. The van der Waals surface area contributed by atoms with Crippen LogP contribution in [0.1, 0.15) is 44.4 Å². The van der Waals surface area contributed by atoms with E-state index in [1.54, 1.807) is 42.1 Å². The zero-order valence-corrected chi connectivity index (χ0v) is 24.9. The number of aromatic nitrogens is 3. The fraction of sp³-hybridized carbons (Fsp3) is 0.281. The number of benzene rings is 3. The van der Waals surface area contributed by atoms with E-state index in [2.05, 4.69) is 29.5 Å². The highest BCUT2D eigenvalue weighted by Gasteiger charge is 2.34. The molecule has 0 bridgehead atoms. The molecule has 0 spiro atoms. The van der Waals surface area contributed by atoms with Gasteiger partial charge in [-0.15, -0.1) is 5.10 Å². The number of thioether (sulfide) groups is 1. The van der Waals surface area contributed by atoms with Crippen molar-refractivity contribution >= 4 is 29.3 Å². The van der Waals surface area contributed by atoms with Crippen molar-refractivity contribution in [3.8, 4) is 11.5 Å². The van der Waals surface area contributed by atoms with Crippen LogP contribution in [0.25, 0.3) is 0 Å². The largest absolute Gasteiger partial charge is 0.495 e. The van der Waals surface area contributed by atoms with Gasteiger partial charge in [-0.1, -0.05) is 68.1 Å². The minimum atomic E-state index is -0.573. The van der Waals surface area contributed by atoms with Crippen molar-refractivity contribution in [1.82, 2.24) is 14.8 Å². The highest BCUT2D eigenvalue weighted by molar-refractivity contribution is 7.98. The molecule has 0 aliphatic carbocycles. The van der Waals surface area contributed by atoms with Crippen LogP contribution in [0.5, 0.6) is 11.5 Å². The molecule has 10 heteroatoms. The predicted molar refractivity (Wildman–Crippen MR) is 163 cm³/mol. The zero-order valence-electron chi connectivity index (χ0n) is 24.1. The lowest BCUT2D eigenvalue weighted by atomic mass is 9.95. The molecule has 1 aliphatic heterocycles. The van der Waals surface area contributed by atoms with Crippen molar-refractivity contribution in [2.45, 2.75) is 44.1 Å². The lowest BCUT2D eigenvalue weighted by molar-refractivity contribution is -0.113. The number of hydrogen-bond donors (Lipinski definition) is 2. The molecule has 1 amide bonds. The SMILES string of the molecule is COc1ccccc1NC(=O)C1=C(C)Nc2nc(SCc3ccccc3F)nn2C1c1ccc(OCCC(C)C)cc1. The Labute approximate surface area is 249 Å². The van der Waals surface area contributed by atoms with Gasteiger partial charge < -0.3 is 20.1 Å². The van der Waals surface area contributed by atoms with Crippen LogP contribution >= 0.6 is 11.8 Å². The monoisotopic (exact) mass is 587 g/mol. The Bertz CT molecular complexity index is 1590. The molecule has 8 nitrogen and oxygen atoms in total. The van der Waals surface area contributed by atoms with Crippen LogP contribution in [0.15, 0.2) is 89.2 Å². The second kappa shape index (κ2) is 13.1. The second-order valence-corrected chi connectivity index (χ2v) is 11.3. The third-order valence-electron chi connectivity index (χ3n) is 6.91. The third-order valence-corrected chi connectivity index (χ3v) is 7.79. The van der Waals surface area contributed by atoms with Crippen LogP contribution in [0.3, 0.4) is 0 Å². The molecule has 2 heterocycles.